The summed E-state index contributed by atoms with van der Waals surface area (Å²) in [4.78, 5) is 38.1. The third-order valence-electron chi connectivity index (χ3n) is 8.59. The molecule has 36 heavy (non-hydrogen) atoms. The van der Waals surface area contributed by atoms with Crippen molar-refractivity contribution in [2.75, 3.05) is 33.4 Å². The fraction of sp³-hybridized carbons (Fsp3) is 0.464. The molecule has 2 N–H and O–H groups in total. The van der Waals surface area contributed by atoms with Gasteiger partial charge in [-0.2, -0.15) is 0 Å². The minimum atomic E-state index is -0.395. The van der Waals surface area contributed by atoms with Crippen LogP contribution in [-0.4, -0.2) is 70.0 Å². The van der Waals surface area contributed by atoms with Crippen molar-refractivity contribution in [3.63, 3.8) is 0 Å². The molecule has 188 valence electrons. The van der Waals surface area contributed by atoms with Crippen LogP contribution in [0.5, 0.6) is 5.75 Å². The molecule has 2 fully saturated rings. The number of pyridine rings is 1. The van der Waals surface area contributed by atoms with Gasteiger partial charge in [-0.05, 0) is 55.5 Å². The first-order chi connectivity index (χ1) is 17.5. The predicted octanol–water partition coefficient (Wildman–Crippen LogP) is 3.42. The highest BCUT2D eigenvalue weighted by Gasteiger charge is 2.50. The van der Waals surface area contributed by atoms with E-state index in [9.17, 15) is 14.7 Å². The molecule has 2 amide bonds. The van der Waals surface area contributed by atoms with E-state index in [1.165, 1.54) is 5.56 Å². The molecule has 8 nitrogen and oxygen atoms in total. The number of benzene rings is 1. The number of aliphatic hydroxyl groups is 1. The molecule has 8 heteroatoms. The zero-order valence-corrected chi connectivity index (χ0v) is 20.6. The van der Waals surface area contributed by atoms with Gasteiger partial charge >= 0.3 is 0 Å². The van der Waals surface area contributed by atoms with Gasteiger partial charge in [0.15, 0.2) is 0 Å². The van der Waals surface area contributed by atoms with Crippen molar-refractivity contribution in [2.24, 2.45) is 5.92 Å². The number of likely N-dealkylation sites (tertiary alicyclic amines) is 1. The van der Waals surface area contributed by atoms with Crippen molar-refractivity contribution < 1.29 is 19.4 Å². The van der Waals surface area contributed by atoms with E-state index in [0.717, 1.165) is 54.5 Å². The van der Waals surface area contributed by atoms with Gasteiger partial charge in [0.25, 0.3) is 5.91 Å². The van der Waals surface area contributed by atoms with E-state index in [1.54, 1.807) is 31.6 Å². The molecule has 3 aromatic rings. The van der Waals surface area contributed by atoms with Crippen LogP contribution in [0.1, 0.15) is 59.8 Å². The van der Waals surface area contributed by atoms with Crippen molar-refractivity contribution in [2.45, 2.75) is 43.6 Å². The molecule has 0 bridgehead atoms. The first kappa shape index (κ1) is 23.0. The van der Waals surface area contributed by atoms with Gasteiger partial charge in [0, 0.05) is 71.6 Å². The van der Waals surface area contributed by atoms with Gasteiger partial charge in [-0.15, -0.1) is 0 Å². The SMILES string of the molecule is COc1ccc2c3c([nH]c2c1)[C@@H](CO)N(C(=O)C1CCC1)CC31CCN(C(=O)c2ccncc2)CC1. The molecule has 4 heterocycles. The topological polar surface area (TPSA) is 98.8 Å². The molecule has 1 aliphatic carbocycles. The number of fused-ring (bicyclic) bond motifs is 4. The van der Waals surface area contributed by atoms with Gasteiger partial charge in [0.1, 0.15) is 5.75 Å². The molecule has 6 rings (SSSR count). The zero-order valence-electron chi connectivity index (χ0n) is 20.6. The Morgan fingerprint density at radius 2 is 1.92 bits per heavy atom. The van der Waals surface area contributed by atoms with Crippen molar-refractivity contribution >= 4 is 22.7 Å². The largest absolute Gasteiger partial charge is 0.497 e. The van der Waals surface area contributed by atoms with Crippen LogP contribution in [-0.2, 0) is 10.2 Å². The minimum absolute atomic E-state index is 0.0163. The van der Waals surface area contributed by atoms with Crippen LogP contribution in [0.3, 0.4) is 0 Å². The number of H-pyrrole nitrogens is 1. The average molecular weight is 489 g/mol. The van der Waals surface area contributed by atoms with Gasteiger partial charge in [0.05, 0.1) is 19.8 Å². The van der Waals surface area contributed by atoms with E-state index in [4.69, 9.17) is 4.74 Å². The number of ether oxygens (including phenoxy) is 1. The second-order valence-electron chi connectivity index (χ2n) is 10.4. The number of hydrogen-bond acceptors (Lipinski definition) is 5. The summed E-state index contributed by atoms with van der Waals surface area (Å²) in [5.41, 5.74) is 3.42. The number of methoxy groups -OCH3 is 1. The molecule has 3 aliphatic rings. The molecule has 1 atom stereocenters. The highest BCUT2D eigenvalue weighted by Crippen LogP contribution is 2.50. The number of carbonyl (C=O) groups excluding carboxylic acids is 2. The summed E-state index contributed by atoms with van der Waals surface area (Å²) in [6, 6.07) is 9.14. The van der Waals surface area contributed by atoms with E-state index in [1.807, 2.05) is 21.9 Å². The van der Waals surface area contributed by atoms with E-state index < -0.39 is 6.04 Å². The van der Waals surface area contributed by atoms with E-state index >= 15 is 0 Å². The van der Waals surface area contributed by atoms with Crippen LogP contribution < -0.4 is 4.74 Å². The summed E-state index contributed by atoms with van der Waals surface area (Å²) >= 11 is 0. The number of carbonyl (C=O) groups is 2. The zero-order chi connectivity index (χ0) is 24.9. The third-order valence-corrected chi connectivity index (χ3v) is 8.59. The monoisotopic (exact) mass is 488 g/mol. The number of nitrogens with zero attached hydrogens (tertiary/aromatic N) is 3. The van der Waals surface area contributed by atoms with Crippen LogP contribution in [0.25, 0.3) is 10.9 Å². The molecule has 1 saturated carbocycles. The molecular weight excluding hydrogens is 456 g/mol. The Hall–Kier alpha value is -3.39. The number of aromatic amines is 1. The Bertz CT molecular complexity index is 1290. The molecule has 1 spiro atoms. The molecule has 2 aliphatic heterocycles. The fourth-order valence-electron chi connectivity index (χ4n) is 6.35. The maximum atomic E-state index is 13.6. The number of hydrogen-bond donors (Lipinski definition) is 2. The molecular formula is C28H32N4O4. The third kappa shape index (κ3) is 3.58. The van der Waals surface area contributed by atoms with Gasteiger partial charge in [-0.1, -0.05) is 6.42 Å². The summed E-state index contributed by atoms with van der Waals surface area (Å²) in [6.45, 7) is 1.66. The van der Waals surface area contributed by atoms with Crippen LogP contribution in [0.4, 0.5) is 0 Å². The summed E-state index contributed by atoms with van der Waals surface area (Å²) in [5.74, 6) is 0.978. The smallest absolute Gasteiger partial charge is 0.253 e. The number of amides is 2. The van der Waals surface area contributed by atoms with Crippen molar-refractivity contribution in [3.8, 4) is 5.75 Å². The van der Waals surface area contributed by atoms with Gasteiger partial charge in [-0.25, -0.2) is 0 Å². The molecule has 2 aromatic heterocycles. The van der Waals surface area contributed by atoms with Crippen molar-refractivity contribution in [3.05, 3.63) is 59.5 Å². The molecule has 1 saturated heterocycles. The van der Waals surface area contributed by atoms with Gasteiger partial charge in [-0.3, -0.25) is 14.6 Å². The maximum Gasteiger partial charge on any atom is 0.253 e. The van der Waals surface area contributed by atoms with Gasteiger partial charge in [0.2, 0.25) is 5.91 Å². The molecule has 0 unspecified atom stereocenters. The van der Waals surface area contributed by atoms with Crippen LogP contribution in [0.2, 0.25) is 0 Å². The number of rotatable bonds is 4. The lowest BCUT2D eigenvalue weighted by molar-refractivity contribution is -0.144. The number of aliphatic hydroxyl groups excluding tert-OH is 1. The average Bonchev–Trinajstić information content (AvgIpc) is 3.27. The Labute approximate surface area is 210 Å². The lowest BCUT2D eigenvalue weighted by atomic mass is 9.67. The fourth-order valence-corrected chi connectivity index (χ4v) is 6.35. The first-order valence-electron chi connectivity index (χ1n) is 12.9. The van der Waals surface area contributed by atoms with E-state index in [0.29, 0.717) is 25.2 Å². The Balaban J connectivity index is 1.40. The minimum Gasteiger partial charge on any atom is -0.497 e. The number of aromatic nitrogens is 2. The highest BCUT2D eigenvalue weighted by atomic mass is 16.5. The highest BCUT2D eigenvalue weighted by molar-refractivity contribution is 5.94. The first-order valence-corrected chi connectivity index (χ1v) is 12.9. The lowest BCUT2D eigenvalue weighted by Crippen LogP contribution is -2.57. The standard InChI is InChI=1S/C28H32N4O4/c1-36-20-5-6-21-22(15-20)30-25-23(16-33)32(27(35)18-3-2-4-18)17-28(24(21)25)9-13-31(14-10-28)26(34)19-7-11-29-12-8-19/h5-8,11-12,15,18,23,30,33H,2-4,9-10,13-14,16-17H2,1H3/t23-/m1/s1. The van der Waals surface area contributed by atoms with Crippen LogP contribution in [0, 0.1) is 5.92 Å². The summed E-state index contributed by atoms with van der Waals surface area (Å²) < 4.78 is 5.46. The second-order valence-corrected chi connectivity index (χ2v) is 10.4. The molecule has 1 aromatic carbocycles. The van der Waals surface area contributed by atoms with Gasteiger partial charge < -0.3 is 24.6 Å². The Morgan fingerprint density at radius 1 is 1.17 bits per heavy atom. The van der Waals surface area contributed by atoms with E-state index in [-0.39, 0.29) is 29.8 Å². The summed E-state index contributed by atoms with van der Waals surface area (Å²) in [6.07, 6.45) is 7.72. The predicted molar refractivity (Wildman–Crippen MR) is 135 cm³/mol. The molecule has 0 radical (unpaired) electrons. The van der Waals surface area contributed by atoms with E-state index in [2.05, 4.69) is 16.0 Å². The Kier molecular flexibility index (Phi) is 5.71. The van der Waals surface area contributed by atoms with Crippen LogP contribution in [0.15, 0.2) is 42.7 Å². The normalized spacial score (nSPS) is 21.3. The lowest BCUT2D eigenvalue weighted by Gasteiger charge is -2.51. The number of piperidine rings is 1. The van der Waals surface area contributed by atoms with Crippen molar-refractivity contribution in [1.82, 2.24) is 19.8 Å². The van der Waals surface area contributed by atoms with Crippen molar-refractivity contribution in [1.29, 1.82) is 0 Å². The summed E-state index contributed by atoms with van der Waals surface area (Å²) in [7, 11) is 1.65. The second kappa shape index (κ2) is 8.92. The summed E-state index contributed by atoms with van der Waals surface area (Å²) in [5, 5.41) is 11.6. The number of nitrogens with one attached hydrogen (secondary N) is 1. The maximum absolute atomic E-state index is 13.6. The quantitative estimate of drug-likeness (QED) is 0.586. The van der Waals surface area contributed by atoms with Crippen LogP contribution >= 0.6 is 0 Å². The Morgan fingerprint density at radius 3 is 2.56 bits per heavy atom.